The van der Waals surface area contributed by atoms with Gasteiger partial charge in [-0.05, 0) is 31.6 Å². The molecule has 0 aliphatic rings. The van der Waals surface area contributed by atoms with E-state index in [1.807, 2.05) is 0 Å². The topological polar surface area (TPSA) is 0 Å². The summed E-state index contributed by atoms with van der Waals surface area (Å²) in [6.45, 7) is 8.08. The minimum absolute atomic E-state index is 0.254. The molecule has 0 saturated heterocycles. The zero-order valence-electron chi connectivity index (χ0n) is 18.5. The summed E-state index contributed by atoms with van der Waals surface area (Å²) in [5.74, 6) is 3.11. The zero-order valence-corrected chi connectivity index (χ0v) is 20.6. The summed E-state index contributed by atoms with van der Waals surface area (Å²) < 4.78 is 1.31. The Kier molecular flexibility index (Phi) is 14.8. The molecule has 0 bridgehead atoms. The molecule has 28 heavy (non-hydrogen) atoms. The lowest BCUT2D eigenvalue weighted by Crippen LogP contribution is -2.53. The minimum atomic E-state index is 0.254. The van der Waals surface area contributed by atoms with Crippen molar-refractivity contribution in [3.63, 3.8) is 0 Å². The van der Waals surface area contributed by atoms with Gasteiger partial charge in [0.25, 0.3) is 0 Å². The molecular formula is C26H43IN+. The number of benzene rings is 1. The first kappa shape index (κ1) is 25.5. The highest BCUT2D eigenvalue weighted by atomic mass is 127. The lowest BCUT2D eigenvalue weighted by atomic mass is 10.1. The molecule has 0 N–H and O–H groups in total. The quantitative estimate of drug-likeness (QED) is 0.0510. The molecule has 0 aliphatic carbocycles. The third-order valence-corrected chi connectivity index (χ3v) is 7.41. The number of terminal acetylenes is 1. The summed E-state index contributed by atoms with van der Waals surface area (Å²) in [4.78, 5) is 0. The first-order valence-corrected chi connectivity index (χ1v) is 12.9. The van der Waals surface area contributed by atoms with Crippen LogP contribution in [0.25, 0.3) is 0 Å². The van der Waals surface area contributed by atoms with E-state index < -0.39 is 0 Å². The van der Waals surface area contributed by atoms with Crippen LogP contribution in [0.3, 0.4) is 0 Å². The molecule has 0 heterocycles. The summed E-state index contributed by atoms with van der Waals surface area (Å²) >= 11 is 2.53. The van der Waals surface area contributed by atoms with Gasteiger partial charge in [0.2, 0.25) is 4.05 Å². The van der Waals surface area contributed by atoms with E-state index in [1.165, 1.54) is 95.7 Å². The Labute approximate surface area is 189 Å². The van der Waals surface area contributed by atoms with Crippen molar-refractivity contribution >= 4 is 22.6 Å². The highest BCUT2D eigenvalue weighted by Gasteiger charge is 2.33. The van der Waals surface area contributed by atoms with Crippen molar-refractivity contribution in [1.82, 2.24) is 0 Å². The van der Waals surface area contributed by atoms with Crippen LogP contribution >= 0.6 is 22.6 Å². The standard InChI is InChI=1S/C26H43IN/c1-4-7-9-11-13-18-22-28(26(27)6-3,23-19-14-12-10-8-5-2)24-25-20-16-15-17-21-25/h3,15-17,20-21,26H,4-5,7-14,18-19,22-24H2,1-2H3/q+1. The van der Waals surface area contributed by atoms with E-state index in [2.05, 4.69) is 72.7 Å². The number of quaternary nitrogens is 1. The van der Waals surface area contributed by atoms with Crippen LogP contribution in [0.1, 0.15) is 96.5 Å². The van der Waals surface area contributed by atoms with Crippen LogP contribution in [-0.4, -0.2) is 21.6 Å². The van der Waals surface area contributed by atoms with Crippen LogP contribution in [0, 0.1) is 12.3 Å². The molecule has 1 nitrogen and oxygen atoms in total. The first-order chi connectivity index (χ1) is 13.7. The maximum absolute atomic E-state index is 5.98. The molecule has 0 aliphatic heterocycles. The number of hydrogen-bond acceptors (Lipinski definition) is 0. The molecule has 0 saturated carbocycles. The van der Waals surface area contributed by atoms with Crippen molar-refractivity contribution < 1.29 is 4.48 Å². The zero-order chi connectivity index (χ0) is 20.5. The van der Waals surface area contributed by atoms with Crippen LogP contribution in [0.5, 0.6) is 0 Å². The molecule has 1 aromatic rings. The van der Waals surface area contributed by atoms with E-state index in [-0.39, 0.29) is 4.05 Å². The first-order valence-electron chi connectivity index (χ1n) is 11.7. The SMILES string of the molecule is C#CC(I)[N+](CCCCCCCC)(CCCCCCCC)Cc1ccccc1. The molecule has 1 atom stereocenters. The van der Waals surface area contributed by atoms with Crippen LogP contribution in [-0.2, 0) is 6.54 Å². The monoisotopic (exact) mass is 496 g/mol. The van der Waals surface area contributed by atoms with Gasteiger partial charge in [-0.3, -0.25) is 4.48 Å². The Balaban J connectivity index is 2.73. The van der Waals surface area contributed by atoms with Crippen molar-refractivity contribution in [2.75, 3.05) is 13.1 Å². The molecule has 0 radical (unpaired) electrons. The summed E-state index contributed by atoms with van der Waals surface area (Å²) in [7, 11) is 0. The van der Waals surface area contributed by atoms with E-state index in [4.69, 9.17) is 6.42 Å². The van der Waals surface area contributed by atoms with Crippen LogP contribution in [0.2, 0.25) is 0 Å². The number of nitrogens with zero attached hydrogens (tertiary/aromatic N) is 1. The van der Waals surface area contributed by atoms with Crippen LogP contribution in [0.15, 0.2) is 30.3 Å². The number of halogens is 1. The van der Waals surface area contributed by atoms with Gasteiger partial charge in [-0.25, -0.2) is 0 Å². The Bertz CT molecular complexity index is 503. The van der Waals surface area contributed by atoms with Crippen molar-refractivity contribution in [2.24, 2.45) is 0 Å². The average molecular weight is 497 g/mol. The van der Waals surface area contributed by atoms with Gasteiger partial charge in [-0.1, -0.05) is 95.5 Å². The van der Waals surface area contributed by atoms with Crippen LogP contribution < -0.4 is 0 Å². The van der Waals surface area contributed by atoms with Gasteiger partial charge >= 0.3 is 0 Å². The summed E-state index contributed by atoms with van der Waals surface area (Å²) in [5, 5.41) is 0. The van der Waals surface area contributed by atoms with Gasteiger partial charge in [-0.2, -0.15) is 0 Å². The third kappa shape index (κ3) is 10.3. The van der Waals surface area contributed by atoms with Crippen molar-refractivity contribution in [3.05, 3.63) is 35.9 Å². The Hall–Kier alpha value is -0.530. The van der Waals surface area contributed by atoms with Crippen molar-refractivity contribution in [2.45, 2.75) is 101 Å². The predicted octanol–water partition coefficient (Wildman–Crippen LogP) is 8.12. The molecule has 0 amide bonds. The number of alkyl halides is 1. The maximum Gasteiger partial charge on any atom is 0.200 e. The molecule has 1 unspecified atom stereocenters. The fourth-order valence-corrected chi connectivity index (χ4v) is 4.85. The fraction of sp³-hybridized carbons (Fsp3) is 0.692. The smallest absolute Gasteiger partial charge is 0.200 e. The molecule has 1 aromatic carbocycles. The lowest BCUT2D eigenvalue weighted by Gasteiger charge is -2.41. The van der Waals surface area contributed by atoms with Gasteiger partial charge < -0.3 is 0 Å². The summed E-state index contributed by atoms with van der Waals surface area (Å²) in [6.07, 6.45) is 22.2. The molecule has 0 aromatic heterocycles. The van der Waals surface area contributed by atoms with E-state index in [9.17, 15) is 0 Å². The number of unbranched alkanes of at least 4 members (excludes halogenated alkanes) is 10. The maximum atomic E-state index is 5.98. The Morgan fingerprint density at radius 3 is 1.71 bits per heavy atom. The summed E-state index contributed by atoms with van der Waals surface area (Å²) in [6, 6.07) is 11.0. The molecule has 2 heteroatoms. The Morgan fingerprint density at radius 2 is 1.25 bits per heavy atom. The normalized spacial score (nSPS) is 12.6. The van der Waals surface area contributed by atoms with Gasteiger partial charge in [-0.15, -0.1) is 6.42 Å². The number of hydrogen-bond donors (Lipinski definition) is 0. The van der Waals surface area contributed by atoms with Crippen LogP contribution in [0.4, 0.5) is 0 Å². The van der Waals surface area contributed by atoms with E-state index >= 15 is 0 Å². The minimum Gasteiger partial charge on any atom is -0.299 e. The second-order valence-corrected chi connectivity index (χ2v) is 9.53. The largest absolute Gasteiger partial charge is 0.299 e. The fourth-order valence-electron chi connectivity index (χ4n) is 4.10. The second-order valence-electron chi connectivity index (χ2n) is 8.35. The third-order valence-electron chi connectivity index (χ3n) is 5.87. The predicted molar refractivity (Wildman–Crippen MR) is 134 cm³/mol. The van der Waals surface area contributed by atoms with E-state index in [0.717, 1.165) is 11.0 Å². The highest BCUT2D eigenvalue weighted by Crippen LogP contribution is 2.27. The molecule has 0 fully saturated rings. The van der Waals surface area contributed by atoms with Crippen molar-refractivity contribution in [3.8, 4) is 12.3 Å². The molecule has 158 valence electrons. The van der Waals surface area contributed by atoms with Gasteiger partial charge in [0.05, 0.1) is 13.1 Å². The second kappa shape index (κ2) is 16.3. The highest BCUT2D eigenvalue weighted by molar-refractivity contribution is 14.1. The average Bonchev–Trinajstić information content (AvgIpc) is 2.73. The van der Waals surface area contributed by atoms with Crippen molar-refractivity contribution in [1.29, 1.82) is 0 Å². The molecule has 1 rings (SSSR count). The number of rotatable bonds is 17. The molecular weight excluding hydrogens is 453 g/mol. The van der Waals surface area contributed by atoms with E-state index in [0.29, 0.717) is 0 Å². The molecule has 0 spiro atoms. The summed E-state index contributed by atoms with van der Waals surface area (Å²) in [5.41, 5.74) is 1.43. The lowest BCUT2D eigenvalue weighted by molar-refractivity contribution is -0.940. The Morgan fingerprint density at radius 1 is 0.786 bits per heavy atom. The van der Waals surface area contributed by atoms with E-state index in [1.54, 1.807) is 0 Å². The van der Waals surface area contributed by atoms with Gasteiger partial charge in [0.15, 0.2) is 0 Å². The van der Waals surface area contributed by atoms with Gasteiger partial charge in [0.1, 0.15) is 6.54 Å². The van der Waals surface area contributed by atoms with Gasteiger partial charge in [0, 0.05) is 28.2 Å².